The van der Waals surface area contributed by atoms with Crippen LogP contribution in [0.3, 0.4) is 0 Å². The van der Waals surface area contributed by atoms with Crippen molar-refractivity contribution in [1.82, 2.24) is 0 Å². The first-order valence-corrected chi connectivity index (χ1v) is 20.7. The van der Waals surface area contributed by atoms with E-state index in [4.69, 9.17) is 4.42 Å². The van der Waals surface area contributed by atoms with Gasteiger partial charge < -0.3 is 19.1 Å². The molecule has 2 heterocycles. The zero-order valence-electron chi connectivity index (χ0n) is 32.0. The van der Waals surface area contributed by atoms with E-state index in [1.807, 2.05) is 11.3 Å². The molecule has 4 nitrogen and oxygen atoms in total. The van der Waals surface area contributed by atoms with Crippen LogP contribution in [0.4, 0.5) is 51.2 Å². The maximum absolute atomic E-state index is 7.00. The minimum atomic E-state index is 0.802. The van der Waals surface area contributed by atoms with E-state index >= 15 is 0 Å². The zero-order valence-corrected chi connectivity index (χ0v) is 32.8. The van der Waals surface area contributed by atoms with E-state index in [-0.39, 0.29) is 0 Å². The molecule has 11 rings (SSSR count). The fraction of sp³-hybridized carbons (Fsp3) is 0. The van der Waals surface area contributed by atoms with Crippen LogP contribution in [0.2, 0.25) is 0 Å². The van der Waals surface area contributed by atoms with Crippen molar-refractivity contribution in [3.8, 4) is 0 Å². The Balaban J connectivity index is 1.22. The standard InChI is InChI=1S/C54H37N3OS/c1-6-19-38(20-7-1)55(39-21-8-2-9-22-39)43-33-34-49-46(35-43)53-48(56(40-23-10-3-11-24-40)41-25-12-4-13-26-41)36-44(37-50(53)58-49)57(42-27-14-5-15-28-42)47-30-18-32-52-54(47)45-29-16-17-31-51(45)59-52/h1-37H. The van der Waals surface area contributed by atoms with Gasteiger partial charge in [0.1, 0.15) is 11.2 Å². The summed E-state index contributed by atoms with van der Waals surface area (Å²) < 4.78 is 9.52. The number of hydrogen-bond donors (Lipinski definition) is 0. The lowest BCUT2D eigenvalue weighted by Gasteiger charge is -2.30. The maximum Gasteiger partial charge on any atom is 0.139 e. The van der Waals surface area contributed by atoms with Gasteiger partial charge in [0.15, 0.2) is 0 Å². The lowest BCUT2D eigenvalue weighted by molar-refractivity contribution is 0.669. The van der Waals surface area contributed by atoms with Crippen LogP contribution in [0, 0.1) is 0 Å². The Labute approximate surface area is 346 Å². The van der Waals surface area contributed by atoms with Crippen molar-refractivity contribution in [3.05, 3.63) is 224 Å². The predicted octanol–water partition coefficient (Wildman–Crippen LogP) is 16.4. The molecule has 0 bridgehead atoms. The van der Waals surface area contributed by atoms with Gasteiger partial charge in [-0.15, -0.1) is 11.3 Å². The number of fused-ring (bicyclic) bond motifs is 6. The molecule has 0 radical (unpaired) electrons. The molecule has 11 aromatic rings. The summed E-state index contributed by atoms with van der Waals surface area (Å²) in [5.41, 5.74) is 11.1. The molecule has 0 unspecified atom stereocenters. The Bertz CT molecular complexity index is 3140. The van der Waals surface area contributed by atoms with Gasteiger partial charge in [-0.05, 0) is 103 Å². The molecular weight excluding hydrogens is 739 g/mol. The average Bonchev–Trinajstić information content (AvgIpc) is 3.87. The molecule has 0 N–H and O–H groups in total. The molecule has 280 valence electrons. The second kappa shape index (κ2) is 14.7. The monoisotopic (exact) mass is 775 g/mol. The Morgan fingerprint density at radius 1 is 0.288 bits per heavy atom. The minimum absolute atomic E-state index is 0.802. The third-order valence-electron chi connectivity index (χ3n) is 11.0. The number of para-hydroxylation sites is 5. The number of furan rings is 1. The quantitative estimate of drug-likeness (QED) is 0.146. The molecule has 0 aliphatic heterocycles. The van der Waals surface area contributed by atoms with Gasteiger partial charge in [0, 0.05) is 65.7 Å². The Hall–Kier alpha value is -7.60. The summed E-state index contributed by atoms with van der Waals surface area (Å²) in [6.07, 6.45) is 0. The Morgan fingerprint density at radius 3 is 1.36 bits per heavy atom. The molecule has 0 aliphatic rings. The lowest BCUT2D eigenvalue weighted by Crippen LogP contribution is -2.13. The summed E-state index contributed by atoms with van der Waals surface area (Å²) in [7, 11) is 0. The second-order valence-electron chi connectivity index (χ2n) is 14.6. The van der Waals surface area contributed by atoms with E-state index in [0.717, 1.165) is 73.1 Å². The molecule has 0 amide bonds. The first-order valence-electron chi connectivity index (χ1n) is 19.8. The van der Waals surface area contributed by atoms with Crippen LogP contribution in [-0.4, -0.2) is 0 Å². The highest BCUT2D eigenvalue weighted by molar-refractivity contribution is 7.26. The largest absolute Gasteiger partial charge is 0.456 e. The summed E-state index contributed by atoms with van der Waals surface area (Å²) in [5.74, 6) is 0. The van der Waals surface area contributed by atoms with Gasteiger partial charge in [0.2, 0.25) is 0 Å². The summed E-state index contributed by atoms with van der Waals surface area (Å²) in [6.45, 7) is 0. The van der Waals surface area contributed by atoms with E-state index < -0.39 is 0 Å². The summed E-state index contributed by atoms with van der Waals surface area (Å²) in [4.78, 5) is 7.06. The number of thiophene rings is 1. The Morgan fingerprint density at radius 2 is 0.780 bits per heavy atom. The van der Waals surface area contributed by atoms with Crippen LogP contribution in [0.25, 0.3) is 42.1 Å². The smallest absolute Gasteiger partial charge is 0.139 e. The highest BCUT2D eigenvalue weighted by atomic mass is 32.1. The molecule has 59 heavy (non-hydrogen) atoms. The van der Waals surface area contributed by atoms with Crippen molar-refractivity contribution in [1.29, 1.82) is 0 Å². The van der Waals surface area contributed by atoms with Crippen LogP contribution in [0.15, 0.2) is 229 Å². The molecule has 0 fully saturated rings. The highest BCUT2D eigenvalue weighted by Crippen LogP contribution is 2.50. The predicted molar refractivity (Wildman–Crippen MR) is 251 cm³/mol. The Kier molecular flexibility index (Phi) is 8.64. The minimum Gasteiger partial charge on any atom is -0.456 e. The molecule has 0 spiro atoms. The first kappa shape index (κ1) is 34.6. The molecule has 0 atom stereocenters. The second-order valence-corrected chi connectivity index (χ2v) is 15.6. The van der Waals surface area contributed by atoms with E-state index in [1.165, 1.54) is 20.2 Å². The SMILES string of the molecule is c1ccc(N(c2ccccc2)c2ccc3oc4cc(N(c5ccccc5)c5cccc6sc7ccccc7c56)cc(N(c5ccccc5)c5ccccc5)c4c3c2)cc1. The summed E-state index contributed by atoms with van der Waals surface area (Å²) in [6, 6.07) is 79.6. The third kappa shape index (κ3) is 6.16. The fourth-order valence-corrected chi connectivity index (χ4v) is 9.56. The van der Waals surface area contributed by atoms with Crippen molar-refractivity contribution >= 4 is 105 Å². The van der Waals surface area contributed by atoms with Gasteiger partial charge in [0.05, 0.1) is 22.4 Å². The van der Waals surface area contributed by atoms with Crippen LogP contribution in [-0.2, 0) is 0 Å². The molecule has 9 aromatic carbocycles. The highest BCUT2D eigenvalue weighted by Gasteiger charge is 2.26. The van der Waals surface area contributed by atoms with Crippen LogP contribution in [0.1, 0.15) is 0 Å². The van der Waals surface area contributed by atoms with Crippen molar-refractivity contribution in [3.63, 3.8) is 0 Å². The molecule has 5 heteroatoms. The van der Waals surface area contributed by atoms with E-state index in [0.29, 0.717) is 0 Å². The van der Waals surface area contributed by atoms with Gasteiger partial charge >= 0.3 is 0 Å². The fourth-order valence-electron chi connectivity index (χ4n) is 8.43. The number of anilines is 9. The molecular formula is C54H37N3OS. The number of rotatable bonds is 9. The van der Waals surface area contributed by atoms with E-state index in [2.05, 4.69) is 239 Å². The van der Waals surface area contributed by atoms with Crippen LogP contribution in [0.5, 0.6) is 0 Å². The molecule has 2 aromatic heterocycles. The normalized spacial score (nSPS) is 11.4. The summed E-state index contributed by atoms with van der Waals surface area (Å²) in [5, 5.41) is 4.55. The van der Waals surface area contributed by atoms with Gasteiger partial charge in [-0.25, -0.2) is 0 Å². The number of hydrogen-bond acceptors (Lipinski definition) is 5. The third-order valence-corrected chi connectivity index (χ3v) is 12.1. The van der Waals surface area contributed by atoms with Crippen molar-refractivity contribution in [2.24, 2.45) is 0 Å². The molecule has 0 saturated carbocycles. The lowest BCUT2D eigenvalue weighted by atomic mass is 10.0. The first-order chi connectivity index (χ1) is 29.3. The number of nitrogens with zero attached hydrogens (tertiary/aromatic N) is 3. The van der Waals surface area contributed by atoms with Gasteiger partial charge in [-0.1, -0.05) is 115 Å². The topological polar surface area (TPSA) is 22.9 Å². The van der Waals surface area contributed by atoms with Crippen LogP contribution >= 0.6 is 11.3 Å². The maximum atomic E-state index is 7.00. The van der Waals surface area contributed by atoms with Gasteiger partial charge in [-0.2, -0.15) is 0 Å². The average molecular weight is 776 g/mol. The van der Waals surface area contributed by atoms with Gasteiger partial charge in [0.25, 0.3) is 0 Å². The summed E-state index contributed by atoms with van der Waals surface area (Å²) >= 11 is 1.83. The van der Waals surface area contributed by atoms with Crippen molar-refractivity contribution in [2.45, 2.75) is 0 Å². The van der Waals surface area contributed by atoms with E-state index in [9.17, 15) is 0 Å². The van der Waals surface area contributed by atoms with Gasteiger partial charge in [-0.3, -0.25) is 0 Å². The van der Waals surface area contributed by atoms with Crippen molar-refractivity contribution in [2.75, 3.05) is 14.7 Å². The number of benzene rings is 9. The van der Waals surface area contributed by atoms with Crippen LogP contribution < -0.4 is 14.7 Å². The molecule has 0 saturated heterocycles. The van der Waals surface area contributed by atoms with E-state index in [1.54, 1.807) is 0 Å². The van der Waals surface area contributed by atoms with Crippen molar-refractivity contribution < 1.29 is 4.42 Å². The molecule has 0 aliphatic carbocycles. The zero-order chi connectivity index (χ0) is 39.1.